The van der Waals surface area contributed by atoms with E-state index in [0.717, 1.165) is 24.3 Å². The van der Waals surface area contributed by atoms with E-state index in [2.05, 4.69) is 10.6 Å². The Morgan fingerprint density at radius 3 is 2.59 bits per heavy atom. The maximum absolute atomic E-state index is 13.7. The topological polar surface area (TPSA) is 24.1 Å². The second-order valence-corrected chi connectivity index (χ2v) is 5.22. The summed E-state index contributed by atoms with van der Waals surface area (Å²) in [5.41, 5.74) is 0.527. The van der Waals surface area contributed by atoms with E-state index < -0.39 is 5.67 Å². The van der Waals surface area contributed by atoms with E-state index in [1.165, 1.54) is 12.8 Å². The third-order valence-electron chi connectivity index (χ3n) is 3.29. The summed E-state index contributed by atoms with van der Waals surface area (Å²) in [6.45, 7) is 5.23. The second-order valence-electron chi connectivity index (χ2n) is 5.22. The first kappa shape index (κ1) is 12.4. The first-order valence-corrected chi connectivity index (χ1v) is 6.32. The predicted molar refractivity (Wildman–Crippen MR) is 70.1 cm³/mol. The van der Waals surface area contributed by atoms with Crippen LogP contribution in [0, 0.1) is 0 Å². The molecule has 0 aliphatic carbocycles. The molecule has 1 aliphatic heterocycles. The van der Waals surface area contributed by atoms with Crippen molar-refractivity contribution >= 4 is 5.69 Å². The van der Waals surface area contributed by atoms with Crippen LogP contribution in [0.1, 0.15) is 32.3 Å². The van der Waals surface area contributed by atoms with Gasteiger partial charge in [-0.2, -0.15) is 0 Å². The Kier molecular flexibility index (Phi) is 3.67. The number of benzene rings is 1. The Morgan fingerprint density at radius 1 is 1.35 bits per heavy atom. The molecule has 0 radical (unpaired) electrons. The Morgan fingerprint density at radius 2 is 2.06 bits per heavy atom. The van der Waals surface area contributed by atoms with Gasteiger partial charge in [0.1, 0.15) is 5.67 Å². The lowest BCUT2D eigenvalue weighted by molar-refractivity contribution is 0.221. The van der Waals surface area contributed by atoms with Gasteiger partial charge in [0.05, 0.1) is 0 Å². The van der Waals surface area contributed by atoms with Gasteiger partial charge in [-0.25, -0.2) is 4.39 Å². The highest BCUT2D eigenvalue weighted by Gasteiger charge is 2.18. The first-order chi connectivity index (χ1) is 8.05. The van der Waals surface area contributed by atoms with Crippen LogP contribution in [0.2, 0.25) is 0 Å². The Hall–Kier alpha value is -1.09. The zero-order chi connectivity index (χ0) is 12.3. The minimum atomic E-state index is -1.26. The fourth-order valence-corrected chi connectivity index (χ4v) is 2.16. The van der Waals surface area contributed by atoms with Gasteiger partial charge < -0.3 is 10.6 Å². The van der Waals surface area contributed by atoms with Crippen molar-refractivity contribution in [2.24, 2.45) is 0 Å². The third-order valence-corrected chi connectivity index (χ3v) is 3.29. The quantitative estimate of drug-likeness (QED) is 0.839. The average Bonchev–Trinajstić information content (AvgIpc) is 2.78. The number of hydrogen-bond acceptors (Lipinski definition) is 2. The lowest BCUT2D eigenvalue weighted by Crippen LogP contribution is -2.29. The summed E-state index contributed by atoms with van der Waals surface area (Å²) in [5, 5.41) is 6.82. The molecular formula is C14H21FN2. The van der Waals surface area contributed by atoms with Gasteiger partial charge in [-0.15, -0.1) is 0 Å². The lowest BCUT2D eigenvalue weighted by atomic mass is 10.0. The first-order valence-electron chi connectivity index (χ1n) is 6.32. The smallest absolute Gasteiger partial charge is 0.130 e. The van der Waals surface area contributed by atoms with Crippen LogP contribution in [-0.4, -0.2) is 19.1 Å². The van der Waals surface area contributed by atoms with E-state index >= 15 is 0 Å². The number of halogens is 1. The Bertz CT molecular complexity index is 347. The van der Waals surface area contributed by atoms with Crippen molar-refractivity contribution < 1.29 is 4.39 Å². The molecule has 2 rings (SSSR count). The van der Waals surface area contributed by atoms with Crippen molar-refractivity contribution in [2.45, 2.75) is 38.4 Å². The van der Waals surface area contributed by atoms with Crippen LogP contribution in [0.15, 0.2) is 24.3 Å². The van der Waals surface area contributed by atoms with E-state index in [-0.39, 0.29) is 0 Å². The molecule has 0 bridgehead atoms. The normalized spacial score (nSPS) is 20.5. The van der Waals surface area contributed by atoms with Crippen molar-refractivity contribution in [1.29, 1.82) is 0 Å². The molecule has 1 aromatic carbocycles. The minimum absolute atomic E-state index is 0.576. The molecule has 0 saturated carbocycles. The SMILES string of the molecule is CC(C)(F)c1ccc(NCC2CCCN2)cc1. The average molecular weight is 236 g/mol. The Balaban J connectivity index is 1.89. The van der Waals surface area contributed by atoms with Crippen LogP contribution in [0.25, 0.3) is 0 Å². The molecule has 2 nitrogen and oxygen atoms in total. The molecule has 1 heterocycles. The maximum atomic E-state index is 13.7. The fourth-order valence-electron chi connectivity index (χ4n) is 2.16. The second kappa shape index (κ2) is 5.05. The highest BCUT2D eigenvalue weighted by molar-refractivity contribution is 5.45. The van der Waals surface area contributed by atoms with E-state index in [1.807, 2.05) is 24.3 Å². The molecular weight excluding hydrogens is 215 g/mol. The minimum Gasteiger partial charge on any atom is -0.383 e. The third kappa shape index (κ3) is 3.43. The number of hydrogen-bond donors (Lipinski definition) is 2. The Labute approximate surface area is 103 Å². The van der Waals surface area contributed by atoms with Crippen LogP contribution in [0.3, 0.4) is 0 Å². The molecule has 94 valence electrons. The predicted octanol–water partition coefficient (Wildman–Crippen LogP) is 3.06. The van der Waals surface area contributed by atoms with Gasteiger partial charge in [0.15, 0.2) is 0 Å². The number of alkyl halides is 1. The van der Waals surface area contributed by atoms with Gasteiger partial charge in [-0.1, -0.05) is 12.1 Å². The molecule has 1 aromatic rings. The summed E-state index contributed by atoms with van der Waals surface area (Å²) in [4.78, 5) is 0. The van der Waals surface area contributed by atoms with Gasteiger partial charge in [0.25, 0.3) is 0 Å². The monoisotopic (exact) mass is 236 g/mol. The molecule has 2 N–H and O–H groups in total. The van der Waals surface area contributed by atoms with Crippen molar-refractivity contribution in [2.75, 3.05) is 18.4 Å². The zero-order valence-electron chi connectivity index (χ0n) is 10.6. The van der Waals surface area contributed by atoms with Gasteiger partial charge in [0.2, 0.25) is 0 Å². The van der Waals surface area contributed by atoms with Crippen molar-refractivity contribution in [3.05, 3.63) is 29.8 Å². The number of nitrogens with one attached hydrogen (secondary N) is 2. The molecule has 1 atom stereocenters. The van der Waals surface area contributed by atoms with Crippen LogP contribution in [0.4, 0.5) is 10.1 Å². The van der Waals surface area contributed by atoms with E-state index in [9.17, 15) is 4.39 Å². The van der Waals surface area contributed by atoms with Gasteiger partial charge in [-0.3, -0.25) is 0 Å². The van der Waals surface area contributed by atoms with Crippen molar-refractivity contribution in [3.63, 3.8) is 0 Å². The summed E-state index contributed by atoms with van der Waals surface area (Å²) < 4.78 is 13.7. The maximum Gasteiger partial charge on any atom is 0.130 e. The molecule has 17 heavy (non-hydrogen) atoms. The van der Waals surface area contributed by atoms with Gasteiger partial charge >= 0.3 is 0 Å². The zero-order valence-corrected chi connectivity index (χ0v) is 10.6. The van der Waals surface area contributed by atoms with Crippen LogP contribution in [0.5, 0.6) is 0 Å². The molecule has 1 unspecified atom stereocenters. The molecule has 1 fully saturated rings. The van der Waals surface area contributed by atoms with Crippen LogP contribution in [-0.2, 0) is 5.67 Å². The van der Waals surface area contributed by atoms with Gasteiger partial charge in [-0.05, 0) is 50.9 Å². The largest absolute Gasteiger partial charge is 0.383 e. The molecule has 0 amide bonds. The standard InChI is InChI=1S/C14H21FN2/c1-14(2,15)11-5-7-12(8-6-11)17-10-13-4-3-9-16-13/h5-8,13,16-17H,3-4,9-10H2,1-2H3. The van der Waals surface area contributed by atoms with Crippen LogP contribution < -0.4 is 10.6 Å². The van der Waals surface area contributed by atoms with E-state index in [4.69, 9.17) is 0 Å². The molecule has 1 aliphatic rings. The summed E-state index contributed by atoms with van der Waals surface area (Å²) in [5.74, 6) is 0. The van der Waals surface area contributed by atoms with Crippen molar-refractivity contribution in [1.82, 2.24) is 5.32 Å². The summed E-state index contributed by atoms with van der Waals surface area (Å²) >= 11 is 0. The lowest BCUT2D eigenvalue weighted by Gasteiger charge is -2.16. The van der Waals surface area contributed by atoms with E-state index in [0.29, 0.717) is 6.04 Å². The van der Waals surface area contributed by atoms with Crippen molar-refractivity contribution in [3.8, 4) is 0 Å². The highest BCUT2D eigenvalue weighted by Crippen LogP contribution is 2.25. The van der Waals surface area contributed by atoms with Gasteiger partial charge in [0, 0.05) is 18.3 Å². The summed E-state index contributed by atoms with van der Waals surface area (Å²) in [6.07, 6.45) is 2.50. The fraction of sp³-hybridized carbons (Fsp3) is 0.571. The number of rotatable bonds is 4. The van der Waals surface area contributed by atoms with Crippen LogP contribution >= 0.6 is 0 Å². The molecule has 0 aromatic heterocycles. The molecule has 0 spiro atoms. The molecule has 1 saturated heterocycles. The number of anilines is 1. The highest BCUT2D eigenvalue weighted by atomic mass is 19.1. The summed E-state index contributed by atoms with van der Waals surface area (Å²) in [7, 11) is 0. The van der Waals surface area contributed by atoms with E-state index in [1.54, 1.807) is 13.8 Å². The molecule has 3 heteroatoms. The summed E-state index contributed by atoms with van der Waals surface area (Å²) in [6, 6.07) is 8.18.